The number of carbonyl (C=O) groups is 1. The Labute approximate surface area is 114 Å². The number of Topliss-reactive ketones (excluding diaryl/α,β-unsaturated/α-hetero) is 1. The second-order valence-electron chi connectivity index (χ2n) is 5.17. The van der Waals surface area contributed by atoms with Crippen LogP contribution in [0.1, 0.15) is 22.3 Å². The summed E-state index contributed by atoms with van der Waals surface area (Å²) >= 11 is 0. The van der Waals surface area contributed by atoms with Crippen molar-refractivity contribution in [3.8, 4) is 5.75 Å². The van der Waals surface area contributed by atoms with Crippen molar-refractivity contribution in [1.29, 1.82) is 0 Å². The third kappa shape index (κ3) is 3.33. The van der Waals surface area contributed by atoms with Crippen molar-refractivity contribution in [2.75, 3.05) is 33.8 Å². The SMILES string of the molecule is COc1ccc(C)cc1C(=O)CC1CNCCN1C. The van der Waals surface area contributed by atoms with Gasteiger partial charge in [-0.15, -0.1) is 0 Å². The zero-order valence-electron chi connectivity index (χ0n) is 11.9. The molecule has 104 valence electrons. The highest BCUT2D eigenvalue weighted by atomic mass is 16.5. The van der Waals surface area contributed by atoms with Crippen molar-refractivity contribution < 1.29 is 9.53 Å². The summed E-state index contributed by atoms with van der Waals surface area (Å²) in [6, 6.07) is 6.01. The van der Waals surface area contributed by atoms with Gasteiger partial charge in [0.1, 0.15) is 5.75 Å². The minimum Gasteiger partial charge on any atom is -0.496 e. The van der Waals surface area contributed by atoms with Crippen LogP contribution in [0.5, 0.6) is 5.75 Å². The molecule has 1 fully saturated rings. The lowest BCUT2D eigenvalue weighted by Gasteiger charge is -2.32. The Bertz CT molecular complexity index is 459. The Balaban J connectivity index is 2.13. The molecule has 4 heteroatoms. The molecule has 0 bridgehead atoms. The fourth-order valence-electron chi connectivity index (χ4n) is 2.45. The lowest BCUT2D eigenvalue weighted by Crippen LogP contribution is -2.50. The third-order valence-corrected chi connectivity index (χ3v) is 3.72. The summed E-state index contributed by atoms with van der Waals surface area (Å²) in [6.45, 7) is 4.85. The van der Waals surface area contributed by atoms with Crippen molar-refractivity contribution in [1.82, 2.24) is 10.2 Å². The molecule has 1 saturated heterocycles. The molecule has 1 atom stereocenters. The van der Waals surface area contributed by atoms with E-state index in [1.807, 2.05) is 25.1 Å². The van der Waals surface area contributed by atoms with Gasteiger partial charge in [-0.3, -0.25) is 4.79 Å². The van der Waals surface area contributed by atoms with E-state index in [9.17, 15) is 4.79 Å². The summed E-state index contributed by atoms with van der Waals surface area (Å²) in [7, 11) is 3.68. The van der Waals surface area contributed by atoms with E-state index in [0.29, 0.717) is 17.7 Å². The first-order valence-electron chi connectivity index (χ1n) is 6.70. The number of nitrogens with zero attached hydrogens (tertiary/aromatic N) is 1. The van der Waals surface area contributed by atoms with E-state index in [1.165, 1.54) is 0 Å². The molecular weight excluding hydrogens is 240 g/mol. The van der Waals surface area contributed by atoms with E-state index in [4.69, 9.17) is 4.74 Å². The van der Waals surface area contributed by atoms with Crippen LogP contribution in [0.15, 0.2) is 18.2 Å². The van der Waals surface area contributed by atoms with E-state index in [0.717, 1.165) is 25.2 Å². The minimum absolute atomic E-state index is 0.154. The van der Waals surface area contributed by atoms with Gasteiger partial charge in [-0.05, 0) is 26.1 Å². The minimum atomic E-state index is 0.154. The van der Waals surface area contributed by atoms with Gasteiger partial charge in [0.05, 0.1) is 12.7 Å². The van der Waals surface area contributed by atoms with E-state index >= 15 is 0 Å². The Kier molecular flexibility index (Phi) is 4.56. The number of piperazine rings is 1. The summed E-state index contributed by atoms with van der Waals surface area (Å²) in [4.78, 5) is 14.7. The van der Waals surface area contributed by atoms with E-state index in [1.54, 1.807) is 7.11 Å². The van der Waals surface area contributed by atoms with Gasteiger partial charge in [-0.25, -0.2) is 0 Å². The number of benzene rings is 1. The predicted octanol–water partition coefficient (Wildman–Crippen LogP) is 1.48. The quantitative estimate of drug-likeness (QED) is 0.835. The Morgan fingerprint density at radius 2 is 2.32 bits per heavy atom. The first-order chi connectivity index (χ1) is 9.11. The Hall–Kier alpha value is -1.39. The monoisotopic (exact) mass is 262 g/mol. The predicted molar refractivity (Wildman–Crippen MR) is 76.0 cm³/mol. The van der Waals surface area contributed by atoms with Gasteiger partial charge >= 0.3 is 0 Å². The highest BCUT2D eigenvalue weighted by Crippen LogP contribution is 2.22. The molecule has 0 radical (unpaired) electrons. The number of methoxy groups -OCH3 is 1. The van der Waals surface area contributed by atoms with Crippen molar-refractivity contribution in [3.63, 3.8) is 0 Å². The number of aryl methyl sites for hydroxylation is 1. The smallest absolute Gasteiger partial charge is 0.168 e. The number of rotatable bonds is 4. The van der Waals surface area contributed by atoms with Crippen molar-refractivity contribution in [3.05, 3.63) is 29.3 Å². The molecule has 1 unspecified atom stereocenters. The molecule has 2 rings (SSSR count). The van der Waals surface area contributed by atoms with Crippen LogP contribution in [-0.2, 0) is 0 Å². The average Bonchev–Trinajstić information content (AvgIpc) is 2.41. The zero-order valence-corrected chi connectivity index (χ0v) is 11.9. The fraction of sp³-hybridized carbons (Fsp3) is 0.533. The molecule has 1 aliphatic rings. The lowest BCUT2D eigenvalue weighted by molar-refractivity contribution is 0.0914. The summed E-state index contributed by atoms with van der Waals surface area (Å²) in [5, 5.41) is 3.34. The summed E-state index contributed by atoms with van der Waals surface area (Å²) in [5.41, 5.74) is 1.78. The molecular formula is C15H22N2O2. The van der Waals surface area contributed by atoms with E-state index in [-0.39, 0.29) is 11.8 Å². The van der Waals surface area contributed by atoms with Gasteiger partial charge in [0.2, 0.25) is 0 Å². The third-order valence-electron chi connectivity index (χ3n) is 3.72. The number of carbonyl (C=O) groups excluding carboxylic acids is 1. The summed E-state index contributed by atoms with van der Waals surface area (Å²) < 4.78 is 5.29. The largest absolute Gasteiger partial charge is 0.496 e. The average molecular weight is 262 g/mol. The molecule has 0 spiro atoms. The molecule has 0 aromatic heterocycles. The number of nitrogens with one attached hydrogen (secondary N) is 1. The molecule has 4 nitrogen and oxygen atoms in total. The number of likely N-dealkylation sites (N-methyl/N-ethyl adjacent to an activating group) is 1. The second-order valence-corrected chi connectivity index (χ2v) is 5.17. The van der Waals surface area contributed by atoms with E-state index in [2.05, 4.69) is 17.3 Å². The van der Waals surface area contributed by atoms with Gasteiger partial charge in [0.25, 0.3) is 0 Å². The van der Waals surface area contributed by atoms with Crippen LogP contribution in [0.25, 0.3) is 0 Å². The maximum absolute atomic E-state index is 12.5. The fourth-order valence-corrected chi connectivity index (χ4v) is 2.45. The lowest BCUT2D eigenvalue weighted by atomic mass is 9.99. The molecule has 0 aliphatic carbocycles. The number of ketones is 1. The standard InChI is InChI=1S/C15H22N2O2/c1-11-4-5-15(19-3)13(8-11)14(18)9-12-10-16-6-7-17(12)2/h4-5,8,12,16H,6-7,9-10H2,1-3H3. The maximum atomic E-state index is 12.5. The van der Waals surface area contributed by atoms with Crippen LogP contribution >= 0.6 is 0 Å². The van der Waals surface area contributed by atoms with Crippen LogP contribution < -0.4 is 10.1 Å². The highest BCUT2D eigenvalue weighted by molar-refractivity contribution is 5.99. The Morgan fingerprint density at radius 3 is 3.00 bits per heavy atom. The highest BCUT2D eigenvalue weighted by Gasteiger charge is 2.23. The molecule has 1 aromatic carbocycles. The molecule has 1 N–H and O–H groups in total. The van der Waals surface area contributed by atoms with Gasteiger partial charge in [0.15, 0.2) is 5.78 Å². The molecule has 0 saturated carbocycles. The van der Waals surface area contributed by atoms with Crippen LogP contribution in [0.2, 0.25) is 0 Å². The second kappa shape index (κ2) is 6.17. The topological polar surface area (TPSA) is 41.6 Å². The molecule has 19 heavy (non-hydrogen) atoms. The summed E-state index contributed by atoms with van der Waals surface area (Å²) in [5.74, 6) is 0.822. The van der Waals surface area contributed by atoms with Gasteiger partial charge in [-0.1, -0.05) is 11.6 Å². The molecule has 1 aromatic rings. The maximum Gasteiger partial charge on any atom is 0.168 e. The number of ether oxygens (including phenoxy) is 1. The summed E-state index contributed by atoms with van der Waals surface area (Å²) in [6.07, 6.45) is 0.531. The molecule has 1 aliphatic heterocycles. The Morgan fingerprint density at radius 1 is 1.53 bits per heavy atom. The van der Waals surface area contributed by atoms with Crippen molar-refractivity contribution in [2.24, 2.45) is 0 Å². The van der Waals surface area contributed by atoms with Gasteiger partial charge in [-0.2, -0.15) is 0 Å². The number of hydrogen-bond donors (Lipinski definition) is 1. The van der Waals surface area contributed by atoms with Crippen LogP contribution in [-0.4, -0.2) is 50.5 Å². The van der Waals surface area contributed by atoms with Crippen LogP contribution in [0, 0.1) is 6.92 Å². The van der Waals surface area contributed by atoms with Gasteiger partial charge < -0.3 is 15.0 Å². The van der Waals surface area contributed by atoms with Crippen molar-refractivity contribution >= 4 is 5.78 Å². The normalized spacial score (nSPS) is 20.3. The molecule has 0 amide bonds. The van der Waals surface area contributed by atoms with Gasteiger partial charge in [0, 0.05) is 32.1 Å². The zero-order chi connectivity index (χ0) is 13.8. The number of hydrogen-bond acceptors (Lipinski definition) is 4. The van der Waals surface area contributed by atoms with Crippen molar-refractivity contribution in [2.45, 2.75) is 19.4 Å². The van der Waals surface area contributed by atoms with E-state index < -0.39 is 0 Å². The first kappa shape index (κ1) is 14.0. The molecule has 1 heterocycles. The first-order valence-corrected chi connectivity index (χ1v) is 6.70. The van der Waals surface area contributed by atoms with Crippen LogP contribution in [0.3, 0.4) is 0 Å². The van der Waals surface area contributed by atoms with Crippen LogP contribution in [0.4, 0.5) is 0 Å².